The summed E-state index contributed by atoms with van der Waals surface area (Å²) in [4.78, 5) is 13.3. The molecule has 0 saturated carbocycles. The van der Waals surface area contributed by atoms with Gasteiger partial charge in [-0.25, -0.2) is 4.39 Å². The molecule has 1 aliphatic heterocycles. The van der Waals surface area contributed by atoms with Crippen molar-refractivity contribution >= 4 is 11.6 Å². The summed E-state index contributed by atoms with van der Waals surface area (Å²) in [7, 11) is 0. The molecule has 1 aliphatic rings. The van der Waals surface area contributed by atoms with Crippen molar-refractivity contribution in [1.29, 1.82) is 0 Å². The van der Waals surface area contributed by atoms with E-state index in [2.05, 4.69) is 16.1 Å². The number of terminal acetylenes is 1. The second-order valence-corrected chi connectivity index (χ2v) is 4.96. The van der Waals surface area contributed by atoms with E-state index in [1.165, 1.54) is 18.2 Å². The number of hydrogen-bond acceptors (Lipinski definition) is 3. The van der Waals surface area contributed by atoms with Gasteiger partial charge < -0.3 is 11.1 Å². The van der Waals surface area contributed by atoms with E-state index >= 15 is 0 Å². The number of nitrogens with one attached hydrogen (secondary N) is 1. The molecule has 0 bridgehead atoms. The SMILES string of the molecule is C#CCN1CCC(Nc2cc(C(N)=O)ccc2F)CC1. The highest BCUT2D eigenvalue weighted by Crippen LogP contribution is 2.20. The van der Waals surface area contributed by atoms with Crippen molar-refractivity contribution in [3.05, 3.63) is 29.6 Å². The van der Waals surface area contributed by atoms with Gasteiger partial charge in [0.1, 0.15) is 5.82 Å². The Labute approximate surface area is 118 Å². The standard InChI is InChI=1S/C15H18FN3O/c1-2-7-19-8-5-12(6-9-19)18-14-10-11(15(17)20)3-4-13(14)16/h1,3-4,10,12,18H,5-9H2,(H2,17,20). The first-order chi connectivity index (χ1) is 9.60. The van der Waals surface area contributed by atoms with E-state index in [0.29, 0.717) is 17.8 Å². The number of nitrogens with two attached hydrogens (primary N) is 1. The van der Waals surface area contributed by atoms with Crippen LogP contribution in [0.5, 0.6) is 0 Å². The molecule has 5 heteroatoms. The number of rotatable bonds is 4. The summed E-state index contributed by atoms with van der Waals surface area (Å²) < 4.78 is 13.7. The minimum atomic E-state index is -0.558. The number of halogens is 1. The largest absolute Gasteiger partial charge is 0.380 e. The molecule has 3 N–H and O–H groups in total. The second-order valence-electron chi connectivity index (χ2n) is 4.96. The lowest BCUT2D eigenvalue weighted by atomic mass is 10.0. The Balaban J connectivity index is 1.99. The van der Waals surface area contributed by atoms with Crippen LogP contribution in [-0.2, 0) is 0 Å². The first-order valence-corrected chi connectivity index (χ1v) is 6.62. The van der Waals surface area contributed by atoms with Crippen molar-refractivity contribution < 1.29 is 9.18 Å². The van der Waals surface area contributed by atoms with Gasteiger partial charge in [0.05, 0.1) is 12.2 Å². The predicted octanol–water partition coefficient (Wildman–Crippen LogP) is 1.43. The fourth-order valence-corrected chi connectivity index (χ4v) is 2.37. The van der Waals surface area contributed by atoms with Crippen molar-refractivity contribution in [2.75, 3.05) is 25.0 Å². The number of nitrogens with zero attached hydrogens (tertiary/aromatic N) is 1. The molecule has 106 valence electrons. The predicted molar refractivity (Wildman–Crippen MR) is 76.8 cm³/mol. The molecule has 0 unspecified atom stereocenters. The summed E-state index contributed by atoms with van der Waals surface area (Å²) in [5.41, 5.74) is 5.84. The van der Waals surface area contributed by atoms with Gasteiger partial charge in [-0.15, -0.1) is 6.42 Å². The molecule has 1 aromatic rings. The summed E-state index contributed by atoms with van der Waals surface area (Å²) in [6, 6.07) is 4.29. The molecule has 0 atom stereocenters. The van der Waals surface area contributed by atoms with E-state index in [1.807, 2.05) is 0 Å². The van der Waals surface area contributed by atoms with Gasteiger partial charge in [0.25, 0.3) is 0 Å². The first-order valence-electron chi connectivity index (χ1n) is 6.62. The zero-order valence-electron chi connectivity index (χ0n) is 11.2. The van der Waals surface area contributed by atoms with Crippen LogP contribution in [0.1, 0.15) is 23.2 Å². The van der Waals surface area contributed by atoms with Crippen LogP contribution in [0.2, 0.25) is 0 Å². The van der Waals surface area contributed by atoms with Gasteiger partial charge in [-0.3, -0.25) is 9.69 Å². The molecule has 2 rings (SSSR count). The van der Waals surface area contributed by atoms with Gasteiger partial charge >= 0.3 is 0 Å². The molecule has 1 aromatic carbocycles. The molecule has 0 spiro atoms. The quantitative estimate of drug-likeness (QED) is 0.817. The van der Waals surface area contributed by atoms with Crippen molar-refractivity contribution in [1.82, 2.24) is 4.90 Å². The van der Waals surface area contributed by atoms with Crippen LogP contribution in [0.3, 0.4) is 0 Å². The summed E-state index contributed by atoms with van der Waals surface area (Å²) in [6.07, 6.45) is 7.06. The lowest BCUT2D eigenvalue weighted by Crippen LogP contribution is -2.39. The lowest BCUT2D eigenvalue weighted by molar-refractivity contribution is 0.100. The maximum absolute atomic E-state index is 13.7. The summed E-state index contributed by atoms with van der Waals surface area (Å²) in [5, 5.41) is 3.15. The fourth-order valence-electron chi connectivity index (χ4n) is 2.37. The Morgan fingerprint density at radius 2 is 2.20 bits per heavy atom. The molecular weight excluding hydrogens is 257 g/mol. The van der Waals surface area contributed by atoms with Crippen LogP contribution in [0.4, 0.5) is 10.1 Å². The summed E-state index contributed by atoms with van der Waals surface area (Å²) in [6.45, 7) is 2.43. The van der Waals surface area contributed by atoms with Crippen LogP contribution < -0.4 is 11.1 Å². The Hall–Kier alpha value is -2.06. The van der Waals surface area contributed by atoms with Crippen LogP contribution in [0.15, 0.2) is 18.2 Å². The normalized spacial score (nSPS) is 16.6. The first kappa shape index (κ1) is 14.4. The highest BCUT2D eigenvalue weighted by molar-refractivity contribution is 5.93. The van der Waals surface area contributed by atoms with E-state index in [-0.39, 0.29) is 11.9 Å². The number of carbonyl (C=O) groups excluding carboxylic acids is 1. The van der Waals surface area contributed by atoms with Gasteiger partial charge in [-0.2, -0.15) is 0 Å². The Morgan fingerprint density at radius 3 is 2.80 bits per heavy atom. The van der Waals surface area contributed by atoms with Crippen LogP contribution >= 0.6 is 0 Å². The van der Waals surface area contributed by atoms with E-state index in [9.17, 15) is 9.18 Å². The van der Waals surface area contributed by atoms with Gasteiger partial charge in [0.2, 0.25) is 5.91 Å². The van der Waals surface area contributed by atoms with Crippen molar-refractivity contribution in [3.8, 4) is 12.3 Å². The van der Waals surface area contributed by atoms with Gasteiger partial charge in [0.15, 0.2) is 0 Å². The lowest BCUT2D eigenvalue weighted by Gasteiger charge is -2.31. The van der Waals surface area contributed by atoms with Crippen molar-refractivity contribution in [2.45, 2.75) is 18.9 Å². The second kappa shape index (κ2) is 6.40. The van der Waals surface area contributed by atoms with Gasteiger partial charge in [-0.1, -0.05) is 5.92 Å². The molecule has 1 fully saturated rings. The Bertz CT molecular complexity index is 530. The summed E-state index contributed by atoms with van der Waals surface area (Å²) >= 11 is 0. The van der Waals surface area contributed by atoms with Crippen LogP contribution in [-0.4, -0.2) is 36.5 Å². The highest BCUT2D eigenvalue weighted by atomic mass is 19.1. The van der Waals surface area contributed by atoms with Gasteiger partial charge in [0, 0.05) is 24.7 Å². The molecule has 0 aliphatic carbocycles. The van der Waals surface area contributed by atoms with Crippen LogP contribution in [0.25, 0.3) is 0 Å². The number of piperidine rings is 1. The van der Waals surface area contributed by atoms with Crippen molar-refractivity contribution in [2.24, 2.45) is 5.73 Å². The smallest absolute Gasteiger partial charge is 0.248 e. The zero-order valence-corrected chi connectivity index (χ0v) is 11.2. The zero-order chi connectivity index (χ0) is 14.5. The van der Waals surface area contributed by atoms with Crippen molar-refractivity contribution in [3.63, 3.8) is 0 Å². The number of likely N-dealkylation sites (tertiary alicyclic amines) is 1. The maximum atomic E-state index is 13.7. The average molecular weight is 275 g/mol. The third-order valence-corrected chi connectivity index (χ3v) is 3.51. The molecule has 1 amide bonds. The Kier molecular flexibility index (Phi) is 4.59. The average Bonchev–Trinajstić information content (AvgIpc) is 2.43. The molecule has 4 nitrogen and oxygen atoms in total. The number of carbonyl (C=O) groups is 1. The number of hydrogen-bond donors (Lipinski definition) is 2. The molecule has 1 heterocycles. The van der Waals surface area contributed by atoms with Crippen LogP contribution in [0, 0.1) is 18.2 Å². The number of primary amides is 1. The molecular formula is C15H18FN3O. The number of benzene rings is 1. The van der Waals surface area contributed by atoms with E-state index in [0.717, 1.165) is 25.9 Å². The third-order valence-electron chi connectivity index (χ3n) is 3.51. The molecule has 1 saturated heterocycles. The monoisotopic (exact) mass is 275 g/mol. The summed E-state index contributed by atoms with van der Waals surface area (Å²) in [5.74, 6) is 1.69. The minimum absolute atomic E-state index is 0.182. The fraction of sp³-hybridized carbons (Fsp3) is 0.400. The maximum Gasteiger partial charge on any atom is 0.248 e. The van der Waals surface area contributed by atoms with E-state index < -0.39 is 5.91 Å². The van der Waals surface area contributed by atoms with E-state index in [1.54, 1.807) is 0 Å². The molecule has 20 heavy (non-hydrogen) atoms. The topological polar surface area (TPSA) is 58.4 Å². The third kappa shape index (κ3) is 3.49. The molecule has 0 radical (unpaired) electrons. The van der Waals surface area contributed by atoms with Gasteiger partial charge in [-0.05, 0) is 31.0 Å². The molecule has 0 aromatic heterocycles. The number of anilines is 1. The highest BCUT2D eigenvalue weighted by Gasteiger charge is 2.19. The number of amides is 1. The minimum Gasteiger partial charge on any atom is -0.380 e. The Morgan fingerprint density at radius 1 is 1.50 bits per heavy atom. The van der Waals surface area contributed by atoms with E-state index in [4.69, 9.17) is 12.2 Å².